The van der Waals surface area contributed by atoms with Crippen LogP contribution in [-0.4, -0.2) is 23.5 Å². The van der Waals surface area contributed by atoms with E-state index >= 15 is 0 Å². The summed E-state index contributed by atoms with van der Waals surface area (Å²) in [5.41, 5.74) is 0. The lowest BCUT2D eigenvalue weighted by Crippen LogP contribution is -2.41. The first kappa shape index (κ1) is 44.9. The van der Waals surface area contributed by atoms with Crippen LogP contribution in [0.1, 0.15) is 233 Å². The Labute approximate surface area is 288 Å². The fourth-order valence-electron chi connectivity index (χ4n) is 7.24. The lowest BCUT2D eigenvalue weighted by Gasteiger charge is -2.28. The quantitative estimate of drug-likeness (QED) is 0.0658. The summed E-state index contributed by atoms with van der Waals surface area (Å²) >= 11 is 0. The van der Waals surface area contributed by atoms with Crippen LogP contribution >= 0.6 is 0 Å². The van der Waals surface area contributed by atoms with Crippen LogP contribution in [0.15, 0.2) is 0 Å². The van der Waals surface area contributed by atoms with Gasteiger partial charge in [-0.2, -0.15) is 0 Å². The van der Waals surface area contributed by atoms with E-state index in [2.05, 4.69) is 26.1 Å². The van der Waals surface area contributed by atoms with Crippen molar-refractivity contribution in [2.24, 2.45) is 17.8 Å². The molecule has 0 aromatic heterocycles. The molecular formula is C42H83NO3. The lowest BCUT2D eigenvalue weighted by atomic mass is 9.77. The van der Waals surface area contributed by atoms with Crippen molar-refractivity contribution < 1.29 is 14.7 Å². The molecule has 0 fully saturated rings. The van der Waals surface area contributed by atoms with Gasteiger partial charge < -0.3 is 10.4 Å². The molecule has 4 nitrogen and oxygen atoms in total. The first-order chi connectivity index (χ1) is 22.5. The molecule has 0 saturated carbocycles. The second kappa shape index (κ2) is 35.3. The topological polar surface area (TPSA) is 66.4 Å². The minimum absolute atomic E-state index is 0.0343. The standard InChI is InChI=1S/C42H83NO3/c1-5-8-10-12-14-16-18-20-22-23-24-26-28-30-32-34-36-39(7-3)40(38(4)42(45)46)41(44)43-37-35-33-31-29-27-25-21-19-17-15-13-11-9-6-2/h38-40H,5-37H2,1-4H3,(H,43,44)(H,45,46). The molecular weight excluding hydrogens is 566 g/mol. The molecule has 0 rings (SSSR count). The first-order valence-electron chi connectivity index (χ1n) is 21.0. The van der Waals surface area contributed by atoms with E-state index in [-0.39, 0.29) is 11.8 Å². The van der Waals surface area contributed by atoms with Crippen molar-refractivity contribution in [3.63, 3.8) is 0 Å². The number of nitrogens with one attached hydrogen (secondary N) is 1. The molecule has 3 atom stereocenters. The van der Waals surface area contributed by atoms with Crippen molar-refractivity contribution in [3.05, 3.63) is 0 Å². The van der Waals surface area contributed by atoms with Crippen LogP contribution in [0.5, 0.6) is 0 Å². The molecule has 4 heteroatoms. The van der Waals surface area contributed by atoms with E-state index in [9.17, 15) is 14.7 Å². The van der Waals surface area contributed by atoms with Gasteiger partial charge in [0.1, 0.15) is 0 Å². The van der Waals surface area contributed by atoms with Gasteiger partial charge in [-0.3, -0.25) is 9.59 Å². The van der Waals surface area contributed by atoms with Gasteiger partial charge in [-0.05, 0) is 18.8 Å². The normalized spacial score (nSPS) is 13.5. The summed E-state index contributed by atoms with van der Waals surface area (Å²) in [6.45, 7) is 9.09. The number of carbonyl (C=O) groups excluding carboxylic acids is 1. The van der Waals surface area contributed by atoms with Crippen LogP contribution in [0.2, 0.25) is 0 Å². The molecule has 2 N–H and O–H groups in total. The maximum atomic E-state index is 13.2. The van der Waals surface area contributed by atoms with Gasteiger partial charge in [0.25, 0.3) is 0 Å². The highest BCUT2D eigenvalue weighted by Crippen LogP contribution is 2.30. The Morgan fingerprint density at radius 1 is 0.478 bits per heavy atom. The molecule has 274 valence electrons. The van der Waals surface area contributed by atoms with Gasteiger partial charge in [0.2, 0.25) is 5.91 Å². The zero-order valence-electron chi connectivity index (χ0n) is 31.8. The number of aliphatic carboxylic acids is 1. The van der Waals surface area contributed by atoms with Crippen molar-refractivity contribution in [1.29, 1.82) is 0 Å². The Kier molecular flexibility index (Phi) is 34.4. The molecule has 0 aliphatic heterocycles. The van der Waals surface area contributed by atoms with E-state index < -0.39 is 17.8 Å². The minimum Gasteiger partial charge on any atom is -0.481 e. The van der Waals surface area contributed by atoms with Gasteiger partial charge in [0, 0.05) is 6.54 Å². The maximum absolute atomic E-state index is 13.2. The predicted octanol–water partition coefficient (Wildman–Crippen LogP) is 13.6. The number of unbranched alkanes of at least 4 members (excludes halogenated alkanes) is 28. The predicted molar refractivity (Wildman–Crippen MR) is 202 cm³/mol. The Morgan fingerprint density at radius 3 is 1.09 bits per heavy atom. The highest BCUT2D eigenvalue weighted by Gasteiger charge is 2.35. The molecule has 0 spiro atoms. The van der Waals surface area contributed by atoms with Crippen LogP contribution in [0.3, 0.4) is 0 Å². The summed E-state index contributed by atoms with van der Waals surface area (Å²) in [7, 11) is 0. The van der Waals surface area contributed by atoms with E-state index in [4.69, 9.17) is 0 Å². The van der Waals surface area contributed by atoms with Crippen LogP contribution in [-0.2, 0) is 9.59 Å². The van der Waals surface area contributed by atoms with Crippen LogP contribution < -0.4 is 5.32 Å². The second-order valence-corrected chi connectivity index (χ2v) is 14.8. The molecule has 1 amide bonds. The third kappa shape index (κ3) is 28.0. The van der Waals surface area contributed by atoms with E-state index in [1.807, 2.05) is 0 Å². The average Bonchev–Trinajstić information content (AvgIpc) is 3.05. The zero-order valence-corrected chi connectivity index (χ0v) is 31.8. The number of carboxylic acid groups (broad SMARTS) is 1. The molecule has 0 saturated heterocycles. The molecule has 0 aliphatic carbocycles. The van der Waals surface area contributed by atoms with Gasteiger partial charge in [-0.25, -0.2) is 0 Å². The molecule has 46 heavy (non-hydrogen) atoms. The molecule has 0 bridgehead atoms. The molecule has 0 aromatic rings. The van der Waals surface area contributed by atoms with Crippen LogP contribution in [0.25, 0.3) is 0 Å². The molecule has 0 heterocycles. The Hall–Kier alpha value is -1.06. The third-order valence-electron chi connectivity index (χ3n) is 10.5. The smallest absolute Gasteiger partial charge is 0.307 e. The fourth-order valence-corrected chi connectivity index (χ4v) is 7.24. The summed E-state index contributed by atoms with van der Waals surface area (Å²) in [4.78, 5) is 25.1. The van der Waals surface area contributed by atoms with Crippen LogP contribution in [0, 0.1) is 17.8 Å². The lowest BCUT2D eigenvalue weighted by molar-refractivity contribution is -0.148. The van der Waals surface area contributed by atoms with E-state index in [1.165, 1.54) is 173 Å². The molecule has 3 unspecified atom stereocenters. The number of rotatable bonds is 37. The van der Waals surface area contributed by atoms with Gasteiger partial charge in [0.05, 0.1) is 11.8 Å². The molecule has 0 aromatic carbocycles. The number of amides is 1. The van der Waals surface area contributed by atoms with Gasteiger partial charge in [-0.15, -0.1) is 0 Å². The zero-order chi connectivity index (χ0) is 33.9. The number of hydrogen-bond acceptors (Lipinski definition) is 2. The van der Waals surface area contributed by atoms with E-state index in [1.54, 1.807) is 6.92 Å². The van der Waals surface area contributed by atoms with Gasteiger partial charge in [0.15, 0.2) is 0 Å². The SMILES string of the molecule is CCCCCCCCCCCCCCCCCCC(CC)C(C(=O)NCCCCCCCCCCCCCCCC)C(C)C(=O)O. The highest BCUT2D eigenvalue weighted by atomic mass is 16.4. The van der Waals surface area contributed by atoms with Crippen molar-refractivity contribution >= 4 is 11.9 Å². The maximum Gasteiger partial charge on any atom is 0.307 e. The molecule has 0 radical (unpaired) electrons. The molecule has 0 aliphatic rings. The first-order valence-corrected chi connectivity index (χ1v) is 21.0. The average molecular weight is 650 g/mol. The number of hydrogen-bond donors (Lipinski definition) is 2. The van der Waals surface area contributed by atoms with Crippen molar-refractivity contribution in [2.75, 3.05) is 6.54 Å². The summed E-state index contributed by atoms with van der Waals surface area (Å²) in [6, 6.07) is 0. The van der Waals surface area contributed by atoms with Crippen LogP contribution in [0.4, 0.5) is 0 Å². The van der Waals surface area contributed by atoms with Crippen molar-refractivity contribution in [3.8, 4) is 0 Å². The summed E-state index contributed by atoms with van der Waals surface area (Å²) in [6.07, 6.45) is 42.0. The van der Waals surface area contributed by atoms with E-state index in [0.29, 0.717) is 6.54 Å². The minimum atomic E-state index is -0.845. The summed E-state index contributed by atoms with van der Waals surface area (Å²) in [5, 5.41) is 12.9. The summed E-state index contributed by atoms with van der Waals surface area (Å²) < 4.78 is 0. The van der Waals surface area contributed by atoms with Crippen molar-refractivity contribution in [1.82, 2.24) is 5.32 Å². The second-order valence-electron chi connectivity index (χ2n) is 14.8. The monoisotopic (exact) mass is 650 g/mol. The third-order valence-corrected chi connectivity index (χ3v) is 10.5. The van der Waals surface area contributed by atoms with Gasteiger partial charge >= 0.3 is 5.97 Å². The Morgan fingerprint density at radius 2 is 0.783 bits per heavy atom. The van der Waals surface area contributed by atoms with Crippen molar-refractivity contribution in [2.45, 2.75) is 233 Å². The number of carboxylic acids is 1. The summed E-state index contributed by atoms with van der Waals surface area (Å²) in [5.74, 6) is -1.79. The van der Waals surface area contributed by atoms with Gasteiger partial charge in [-0.1, -0.05) is 220 Å². The highest BCUT2D eigenvalue weighted by molar-refractivity contribution is 5.84. The van der Waals surface area contributed by atoms with E-state index in [0.717, 1.165) is 32.1 Å². The fraction of sp³-hybridized carbons (Fsp3) is 0.952. The Balaban J connectivity index is 3.99. The largest absolute Gasteiger partial charge is 0.481 e. The number of carbonyl (C=O) groups is 2. The Bertz CT molecular complexity index is 651.